The minimum atomic E-state index is -0.263. The van der Waals surface area contributed by atoms with E-state index in [1.54, 1.807) is 14.0 Å². The molecule has 0 aliphatic carbocycles. The maximum absolute atomic E-state index is 11.3. The number of likely N-dealkylation sites (N-methyl/N-ethyl adjacent to an activating group) is 1. The van der Waals surface area contributed by atoms with E-state index in [4.69, 9.17) is 4.74 Å². The Bertz CT molecular complexity index is 324. The zero-order chi connectivity index (χ0) is 11.3. The standard InChI is InChI=1S/C11H14BrNO2/c1-8(13-2)11(14)15-7-9-3-5-10(12)6-4-9/h3-6,8,13H,7H2,1-2H3. The molecule has 3 nitrogen and oxygen atoms in total. The van der Waals surface area contributed by atoms with Crippen LogP contribution in [0.2, 0.25) is 0 Å². The Labute approximate surface area is 97.9 Å². The van der Waals surface area contributed by atoms with Crippen LogP contribution >= 0.6 is 15.9 Å². The predicted octanol–water partition coefficient (Wildman–Crippen LogP) is 2.10. The van der Waals surface area contributed by atoms with Crippen LogP contribution in [0.5, 0.6) is 0 Å². The van der Waals surface area contributed by atoms with Gasteiger partial charge in [-0.05, 0) is 31.7 Å². The molecule has 15 heavy (non-hydrogen) atoms. The van der Waals surface area contributed by atoms with Crippen LogP contribution < -0.4 is 5.32 Å². The summed E-state index contributed by atoms with van der Waals surface area (Å²) in [5.74, 6) is -0.236. The summed E-state index contributed by atoms with van der Waals surface area (Å²) in [6, 6.07) is 7.42. The molecule has 0 spiro atoms. The average Bonchev–Trinajstić information content (AvgIpc) is 2.26. The first kappa shape index (κ1) is 12.2. The monoisotopic (exact) mass is 271 g/mol. The van der Waals surface area contributed by atoms with Crippen molar-refractivity contribution in [1.82, 2.24) is 5.32 Å². The van der Waals surface area contributed by atoms with Crippen molar-refractivity contribution in [2.75, 3.05) is 7.05 Å². The van der Waals surface area contributed by atoms with Gasteiger partial charge in [0.15, 0.2) is 0 Å². The summed E-state index contributed by atoms with van der Waals surface area (Å²) in [6.45, 7) is 2.09. The maximum atomic E-state index is 11.3. The molecular formula is C11H14BrNO2. The highest BCUT2D eigenvalue weighted by Gasteiger charge is 2.11. The third kappa shape index (κ3) is 4.01. The van der Waals surface area contributed by atoms with Crippen LogP contribution in [-0.2, 0) is 16.1 Å². The molecular weight excluding hydrogens is 258 g/mol. The molecule has 82 valence electrons. The number of ether oxygens (including phenoxy) is 1. The average molecular weight is 272 g/mol. The van der Waals surface area contributed by atoms with Gasteiger partial charge < -0.3 is 10.1 Å². The molecule has 1 atom stereocenters. The lowest BCUT2D eigenvalue weighted by molar-refractivity contribution is -0.146. The molecule has 0 aliphatic rings. The van der Waals surface area contributed by atoms with E-state index < -0.39 is 0 Å². The largest absolute Gasteiger partial charge is 0.460 e. The number of carbonyl (C=O) groups excluding carboxylic acids is 1. The summed E-state index contributed by atoms with van der Waals surface area (Å²) in [4.78, 5) is 11.3. The number of hydrogen-bond acceptors (Lipinski definition) is 3. The second-order valence-corrected chi connectivity index (χ2v) is 4.16. The molecule has 1 aromatic rings. The van der Waals surface area contributed by atoms with Gasteiger partial charge in [0.05, 0.1) is 0 Å². The second-order valence-electron chi connectivity index (χ2n) is 3.24. The summed E-state index contributed by atoms with van der Waals surface area (Å²) < 4.78 is 6.12. The van der Waals surface area contributed by atoms with E-state index in [0.717, 1.165) is 10.0 Å². The number of rotatable bonds is 4. The highest BCUT2D eigenvalue weighted by atomic mass is 79.9. The lowest BCUT2D eigenvalue weighted by Crippen LogP contribution is -2.32. The Balaban J connectivity index is 2.43. The molecule has 1 N–H and O–H groups in total. The predicted molar refractivity (Wildman–Crippen MR) is 62.5 cm³/mol. The Morgan fingerprint density at radius 2 is 2.07 bits per heavy atom. The first-order valence-corrected chi connectivity index (χ1v) is 5.51. The fourth-order valence-electron chi connectivity index (χ4n) is 0.978. The van der Waals surface area contributed by atoms with Gasteiger partial charge in [-0.25, -0.2) is 0 Å². The minimum Gasteiger partial charge on any atom is -0.460 e. The van der Waals surface area contributed by atoms with Crippen molar-refractivity contribution >= 4 is 21.9 Å². The highest BCUT2D eigenvalue weighted by molar-refractivity contribution is 9.10. The summed E-state index contributed by atoms with van der Waals surface area (Å²) in [6.07, 6.45) is 0. The summed E-state index contributed by atoms with van der Waals surface area (Å²) in [5.41, 5.74) is 0.981. The van der Waals surface area contributed by atoms with Gasteiger partial charge in [-0.2, -0.15) is 0 Å². The summed E-state index contributed by atoms with van der Waals surface area (Å²) in [5, 5.41) is 2.83. The number of esters is 1. The number of nitrogens with one attached hydrogen (secondary N) is 1. The van der Waals surface area contributed by atoms with Gasteiger partial charge in [-0.1, -0.05) is 28.1 Å². The molecule has 1 unspecified atom stereocenters. The summed E-state index contributed by atoms with van der Waals surface area (Å²) in [7, 11) is 1.73. The van der Waals surface area contributed by atoms with Crippen LogP contribution in [0, 0.1) is 0 Å². The lowest BCUT2D eigenvalue weighted by Gasteiger charge is -2.10. The summed E-state index contributed by atoms with van der Waals surface area (Å²) >= 11 is 3.34. The Morgan fingerprint density at radius 3 is 2.60 bits per heavy atom. The van der Waals surface area contributed by atoms with Crippen molar-refractivity contribution in [3.05, 3.63) is 34.3 Å². The molecule has 0 fully saturated rings. The number of hydrogen-bond donors (Lipinski definition) is 1. The van der Waals surface area contributed by atoms with Gasteiger partial charge in [0.2, 0.25) is 0 Å². The molecule has 4 heteroatoms. The van der Waals surface area contributed by atoms with Gasteiger partial charge >= 0.3 is 5.97 Å². The Kier molecular flexibility index (Phi) is 4.78. The molecule has 0 amide bonds. The van der Waals surface area contributed by atoms with Gasteiger partial charge in [-0.15, -0.1) is 0 Å². The first-order chi connectivity index (χ1) is 7.13. The second kappa shape index (κ2) is 5.88. The van der Waals surface area contributed by atoms with E-state index in [9.17, 15) is 4.79 Å². The van der Waals surface area contributed by atoms with Crippen molar-refractivity contribution in [2.24, 2.45) is 0 Å². The Hall–Kier alpha value is -0.870. The molecule has 0 aromatic heterocycles. The zero-order valence-electron chi connectivity index (χ0n) is 8.79. The molecule has 0 bridgehead atoms. The number of benzene rings is 1. The quantitative estimate of drug-likeness (QED) is 0.853. The third-order valence-corrected chi connectivity index (χ3v) is 2.61. The van der Waals surface area contributed by atoms with Crippen LogP contribution in [0.25, 0.3) is 0 Å². The van der Waals surface area contributed by atoms with E-state index in [2.05, 4.69) is 21.2 Å². The molecule has 1 aromatic carbocycles. The zero-order valence-corrected chi connectivity index (χ0v) is 10.4. The Morgan fingerprint density at radius 1 is 1.47 bits per heavy atom. The van der Waals surface area contributed by atoms with Crippen LogP contribution in [0.15, 0.2) is 28.7 Å². The van der Waals surface area contributed by atoms with Gasteiger partial charge in [0, 0.05) is 4.47 Å². The van der Waals surface area contributed by atoms with E-state index in [1.807, 2.05) is 24.3 Å². The minimum absolute atomic E-state index is 0.236. The van der Waals surface area contributed by atoms with Crippen LogP contribution in [0.3, 0.4) is 0 Å². The highest BCUT2D eigenvalue weighted by Crippen LogP contribution is 2.11. The van der Waals surface area contributed by atoms with Crippen molar-refractivity contribution in [1.29, 1.82) is 0 Å². The van der Waals surface area contributed by atoms with Crippen LogP contribution in [0.1, 0.15) is 12.5 Å². The van der Waals surface area contributed by atoms with Gasteiger partial charge in [0.1, 0.15) is 12.6 Å². The van der Waals surface area contributed by atoms with Crippen molar-refractivity contribution in [3.63, 3.8) is 0 Å². The third-order valence-electron chi connectivity index (χ3n) is 2.08. The van der Waals surface area contributed by atoms with E-state index in [1.165, 1.54) is 0 Å². The van der Waals surface area contributed by atoms with Gasteiger partial charge in [0.25, 0.3) is 0 Å². The molecule has 0 saturated carbocycles. The normalized spacial score (nSPS) is 12.2. The van der Waals surface area contributed by atoms with Gasteiger partial charge in [-0.3, -0.25) is 4.79 Å². The van der Waals surface area contributed by atoms with Crippen LogP contribution in [0.4, 0.5) is 0 Å². The van der Waals surface area contributed by atoms with E-state index in [-0.39, 0.29) is 12.0 Å². The van der Waals surface area contributed by atoms with Crippen molar-refractivity contribution < 1.29 is 9.53 Å². The fourth-order valence-corrected chi connectivity index (χ4v) is 1.24. The smallest absolute Gasteiger partial charge is 0.323 e. The van der Waals surface area contributed by atoms with Crippen LogP contribution in [-0.4, -0.2) is 19.1 Å². The topological polar surface area (TPSA) is 38.3 Å². The lowest BCUT2D eigenvalue weighted by atomic mass is 10.2. The molecule has 0 heterocycles. The molecule has 0 aliphatic heterocycles. The number of halogens is 1. The molecule has 0 radical (unpaired) electrons. The molecule has 1 rings (SSSR count). The van der Waals surface area contributed by atoms with E-state index in [0.29, 0.717) is 6.61 Å². The van der Waals surface area contributed by atoms with Crippen molar-refractivity contribution in [3.8, 4) is 0 Å². The fraction of sp³-hybridized carbons (Fsp3) is 0.364. The number of carbonyl (C=O) groups is 1. The van der Waals surface area contributed by atoms with Crippen molar-refractivity contribution in [2.45, 2.75) is 19.6 Å². The first-order valence-electron chi connectivity index (χ1n) is 4.72. The maximum Gasteiger partial charge on any atom is 0.323 e. The molecule has 0 saturated heterocycles. The van der Waals surface area contributed by atoms with E-state index >= 15 is 0 Å². The SMILES string of the molecule is CNC(C)C(=O)OCc1ccc(Br)cc1.